The Bertz CT molecular complexity index is 304. The molecule has 0 aromatic carbocycles. The second kappa shape index (κ2) is 6.39. The van der Waals surface area contributed by atoms with Gasteiger partial charge < -0.3 is 0 Å². The first kappa shape index (κ1) is 14.5. The Morgan fingerprint density at radius 3 is 2.53 bits per heavy atom. The number of hydrogen-bond donors (Lipinski definition) is 0. The van der Waals surface area contributed by atoms with Gasteiger partial charge in [-0.1, -0.05) is 42.6 Å². The van der Waals surface area contributed by atoms with E-state index >= 15 is 0 Å². The second-order valence-electron chi connectivity index (χ2n) is 6.20. The number of hydrogen-bond acceptors (Lipinski definition) is 0. The van der Waals surface area contributed by atoms with E-state index in [1.165, 1.54) is 32.1 Å². The Morgan fingerprint density at radius 2 is 2.00 bits per heavy atom. The lowest BCUT2D eigenvalue weighted by atomic mass is 9.96. The zero-order valence-electron chi connectivity index (χ0n) is 11.9. The largest absolute Gasteiger partial charge is 0.103 e. The van der Waals surface area contributed by atoms with Gasteiger partial charge in [0.2, 0.25) is 0 Å². The van der Waals surface area contributed by atoms with Gasteiger partial charge in [0, 0.05) is 0 Å². The fraction of sp³-hybridized carbons (Fsp3) is 0.625. The van der Waals surface area contributed by atoms with Crippen LogP contribution in [0.2, 0.25) is 19.6 Å². The van der Waals surface area contributed by atoms with Crippen molar-refractivity contribution in [2.24, 2.45) is 5.92 Å². The second-order valence-corrected chi connectivity index (χ2v) is 11.3. The molecule has 1 aliphatic rings. The van der Waals surface area contributed by atoms with E-state index in [0.29, 0.717) is 0 Å². The molecule has 0 aromatic heterocycles. The third kappa shape index (κ3) is 3.99. The van der Waals surface area contributed by atoms with Crippen LogP contribution >= 0.6 is 0 Å². The highest BCUT2D eigenvalue weighted by atomic mass is 28.3. The van der Waals surface area contributed by atoms with Crippen molar-refractivity contribution in [2.75, 3.05) is 0 Å². The summed E-state index contributed by atoms with van der Waals surface area (Å²) < 4.78 is 0. The molecular weight excluding hydrogens is 220 g/mol. The van der Waals surface area contributed by atoms with Crippen molar-refractivity contribution >= 4 is 8.07 Å². The quantitative estimate of drug-likeness (QED) is 0.430. The molecule has 0 saturated heterocycles. The van der Waals surface area contributed by atoms with E-state index < -0.39 is 8.07 Å². The lowest BCUT2D eigenvalue weighted by Crippen LogP contribution is -2.26. The molecule has 96 valence electrons. The Kier molecular flexibility index (Phi) is 5.45. The molecule has 0 nitrogen and oxygen atoms in total. The van der Waals surface area contributed by atoms with Crippen molar-refractivity contribution in [3.05, 3.63) is 36.1 Å². The summed E-state index contributed by atoms with van der Waals surface area (Å²) in [6, 6.07) is 0. The average molecular weight is 248 g/mol. The molecule has 0 radical (unpaired) electrons. The molecule has 0 aromatic rings. The minimum absolute atomic E-state index is 0.842. The summed E-state index contributed by atoms with van der Waals surface area (Å²) >= 11 is 0. The number of rotatable bonds is 6. The minimum atomic E-state index is -1.17. The predicted molar refractivity (Wildman–Crippen MR) is 82.0 cm³/mol. The summed E-state index contributed by atoms with van der Waals surface area (Å²) in [7, 11) is -1.17. The lowest BCUT2D eigenvalue weighted by Gasteiger charge is -2.26. The highest BCUT2D eigenvalue weighted by molar-refractivity contribution is 6.83. The summed E-state index contributed by atoms with van der Waals surface area (Å²) in [6.07, 6.45) is 11.9. The average Bonchev–Trinajstić information content (AvgIpc) is 2.69. The van der Waals surface area contributed by atoms with Crippen molar-refractivity contribution in [3.63, 3.8) is 0 Å². The van der Waals surface area contributed by atoms with Crippen LogP contribution in [0.5, 0.6) is 0 Å². The van der Waals surface area contributed by atoms with Gasteiger partial charge in [-0.15, -0.1) is 13.2 Å². The van der Waals surface area contributed by atoms with E-state index in [1.54, 1.807) is 10.8 Å². The first-order valence-corrected chi connectivity index (χ1v) is 10.4. The molecule has 1 heteroatoms. The molecule has 0 aliphatic heterocycles. The zero-order valence-corrected chi connectivity index (χ0v) is 12.9. The van der Waals surface area contributed by atoms with E-state index in [4.69, 9.17) is 0 Å². The monoisotopic (exact) mass is 248 g/mol. The van der Waals surface area contributed by atoms with Crippen molar-refractivity contribution < 1.29 is 0 Å². The van der Waals surface area contributed by atoms with Crippen LogP contribution in [0, 0.1) is 5.92 Å². The molecule has 0 spiro atoms. The normalized spacial score (nSPS) is 23.6. The van der Waals surface area contributed by atoms with Crippen LogP contribution in [-0.2, 0) is 0 Å². The summed E-state index contributed by atoms with van der Waals surface area (Å²) in [4.78, 5) is 0. The van der Waals surface area contributed by atoms with E-state index in [1.807, 2.05) is 0 Å². The van der Waals surface area contributed by atoms with E-state index in [2.05, 4.69) is 45.0 Å². The first-order chi connectivity index (χ1) is 8.00. The Hall–Kier alpha value is -0.563. The third-order valence-electron chi connectivity index (χ3n) is 3.85. The topological polar surface area (TPSA) is 0 Å². The van der Waals surface area contributed by atoms with Crippen molar-refractivity contribution in [1.82, 2.24) is 0 Å². The van der Waals surface area contributed by atoms with Crippen LogP contribution in [0.25, 0.3) is 0 Å². The molecule has 0 amide bonds. The smallest absolute Gasteiger partial charge is 0.0728 e. The maximum absolute atomic E-state index is 3.94. The van der Waals surface area contributed by atoms with Gasteiger partial charge in [0.15, 0.2) is 0 Å². The summed E-state index contributed by atoms with van der Waals surface area (Å²) in [5.74, 6) is 0.842. The van der Waals surface area contributed by atoms with Crippen LogP contribution < -0.4 is 0 Å². The van der Waals surface area contributed by atoms with E-state index in [-0.39, 0.29) is 0 Å². The molecule has 0 bridgehead atoms. The molecule has 1 saturated carbocycles. The van der Waals surface area contributed by atoms with Gasteiger partial charge in [0.05, 0.1) is 8.07 Å². The Balaban J connectivity index is 2.95. The SMILES string of the molecule is C=CCCC1CCC/C1=C(/CC=C)[Si](C)(C)C. The maximum Gasteiger partial charge on any atom is 0.0728 e. The zero-order chi connectivity index (χ0) is 12.9. The van der Waals surface area contributed by atoms with Crippen molar-refractivity contribution in [1.29, 1.82) is 0 Å². The molecule has 0 N–H and O–H groups in total. The molecule has 1 unspecified atom stereocenters. The molecule has 17 heavy (non-hydrogen) atoms. The summed E-state index contributed by atoms with van der Waals surface area (Å²) in [6.45, 7) is 15.2. The minimum Gasteiger partial charge on any atom is -0.103 e. The lowest BCUT2D eigenvalue weighted by molar-refractivity contribution is 0.577. The van der Waals surface area contributed by atoms with E-state index in [0.717, 1.165) is 12.3 Å². The van der Waals surface area contributed by atoms with Crippen LogP contribution in [-0.4, -0.2) is 8.07 Å². The van der Waals surface area contributed by atoms with Crippen molar-refractivity contribution in [3.8, 4) is 0 Å². The van der Waals surface area contributed by atoms with Crippen LogP contribution in [0.15, 0.2) is 36.1 Å². The molecule has 1 aliphatic carbocycles. The van der Waals surface area contributed by atoms with Gasteiger partial charge in [0.1, 0.15) is 0 Å². The maximum atomic E-state index is 3.94. The first-order valence-electron chi connectivity index (χ1n) is 6.95. The third-order valence-corrected chi connectivity index (χ3v) is 6.19. The van der Waals surface area contributed by atoms with Crippen LogP contribution in [0.1, 0.15) is 38.5 Å². The van der Waals surface area contributed by atoms with Crippen LogP contribution in [0.3, 0.4) is 0 Å². The highest BCUT2D eigenvalue weighted by Crippen LogP contribution is 2.40. The van der Waals surface area contributed by atoms with Gasteiger partial charge >= 0.3 is 0 Å². The Labute approximate surface area is 109 Å². The van der Waals surface area contributed by atoms with Gasteiger partial charge in [0.25, 0.3) is 0 Å². The fourth-order valence-corrected chi connectivity index (χ4v) is 5.06. The van der Waals surface area contributed by atoms with Gasteiger partial charge in [-0.05, 0) is 44.4 Å². The fourth-order valence-electron chi connectivity index (χ4n) is 3.02. The van der Waals surface area contributed by atoms with Crippen molar-refractivity contribution in [2.45, 2.75) is 58.2 Å². The molecule has 1 atom stereocenters. The summed E-state index contributed by atoms with van der Waals surface area (Å²) in [5.41, 5.74) is 1.80. The van der Waals surface area contributed by atoms with Gasteiger partial charge in [-0.2, -0.15) is 0 Å². The molecule has 1 rings (SSSR count). The Morgan fingerprint density at radius 1 is 1.29 bits per heavy atom. The highest BCUT2D eigenvalue weighted by Gasteiger charge is 2.28. The van der Waals surface area contributed by atoms with Crippen LogP contribution in [0.4, 0.5) is 0 Å². The molecular formula is C16H28Si. The molecule has 0 heterocycles. The molecule has 1 fully saturated rings. The predicted octanol–water partition coefficient (Wildman–Crippen LogP) is 5.50. The van der Waals surface area contributed by atoms with Gasteiger partial charge in [-0.3, -0.25) is 0 Å². The van der Waals surface area contributed by atoms with E-state index in [9.17, 15) is 0 Å². The van der Waals surface area contributed by atoms with Gasteiger partial charge in [-0.25, -0.2) is 0 Å². The standard InChI is InChI=1S/C16H28Si/c1-6-8-11-14-12-9-13-15(14)16(10-7-2)17(3,4)5/h6-7,14H,1-2,8-13H2,3-5H3/b16-15+. The summed E-state index contributed by atoms with van der Waals surface area (Å²) in [5, 5.41) is 1.78. The number of allylic oxidation sites excluding steroid dienone is 4.